The van der Waals surface area contributed by atoms with Crippen LogP contribution in [-0.4, -0.2) is 47.9 Å². The summed E-state index contributed by atoms with van der Waals surface area (Å²) in [5, 5.41) is 15.4. The lowest BCUT2D eigenvalue weighted by Crippen LogP contribution is -2.54. The molecule has 2 fully saturated rings. The molecular weight excluding hydrogens is 300 g/mol. The third-order valence-corrected chi connectivity index (χ3v) is 5.51. The van der Waals surface area contributed by atoms with E-state index < -0.39 is 6.10 Å². The van der Waals surface area contributed by atoms with Crippen molar-refractivity contribution in [3.05, 3.63) is 22.4 Å². The Morgan fingerprint density at radius 3 is 3.05 bits per heavy atom. The number of urea groups is 1. The molecule has 1 saturated carbocycles. The largest absolute Gasteiger partial charge is 0.387 e. The van der Waals surface area contributed by atoms with Gasteiger partial charge in [0.1, 0.15) is 0 Å². The van der Waals surface area contributed by atoms with Crippen molar-refractivity contribution in [3.8, 4) is 0 Å². The van der Waals surface area contributed by atoms with E-state index in [4.69, 9.17) is 4.74 Å². The van der Waals surface area contributed by atoms with E-state index in [0.29, 0.717) is 32.2 Å². The average Bonchev–Trinajstić information content (AvgIpc) is 3.21. The summed E-state index contributed by atoms with van der Waals surface area (Å²) in [4.78, 5) is 15.3. The van der Waals surface area contributed by atoms with Crippen molar-refractivity contribution in [1.82, 2.24) is 10.2 Å². The van der Waals surface area contributed by atoms with Gasteiger partial charge in [-0.3, -0.25) is 0 Å². The Hall–Kier alpha value is -1.11. The molecule has 1 aliphatic carbocycles. The van der Waals surface area contributed by atoms with Crippen LogP contribution in [-0.2, 0) is 4.74 Å². The van der Waals surface area contributed by atoms with Gasteiger partial charge in [0.15, 0.2) is 0 Å². The molecule has 0 bridgehead atoms. The van der Waals surface area contributed by atoms with Crippen molar-refractivity contribution in [2.75, 3.05) is 19.8 Å². The highest BCUT2D eigenvalue weighted by Gasteiger charge is 2.31. The fraction of sp³-hybridized carbons (Fsp3) is 0.688. The molecule has 5 nitrogen and oxygen atoms in total. The lowest BCUT2D eigenvalue weighted by Gasteiger charge is -2.37. The number of hydrogen-bond donors (Lipinski definition) is 2. The first kappa shape index (κ1) is 15.8. The van der Waals surface area contributed by atoms with Gasteiger partial charge in [-0.2, -0.15) is 0 Å². The predicted octanol–water partition coefficient (Wildman–Crippen LogP) is 2.52. The number of hydrogen-bond acceptors (Lipinski definition) is 4. The fourth-order valence-corrected chi connectivity index (χ4v) is 4.02. The van der Waals surface area contributed by atoms with E-state index in [1.165, 1.54) is 12.8 Å². The first-order valence-electron chi connectivity index (χ1n) is 8.10. The van der Waals surface area contributed by atoms with Gasteiger partial charge in [-0.25, -0.2) is 4.79 Å². The third-order valence-electron chi connectivity index (χ3n) is 4.54. The number of nitrogens with one attached hydrogen (secondary N) is 1. The minimum atomic E-state index is -0.534. The standard InChI is InChI=1S/C16H24N2O3S/c19-14(15-6-3-9-22-15)10-13-11-21-8-7-18(13)16(20)17-12-4-1-2-5-12/h3,6,9,12-14,19H,1-2,4-5,7-8,10-11H2,(H,17,20). The Kier molecular flexibility index (Phi) is 5.33. The Balaban J connectivity index is 1.59. The molecule has 1 saturated heterocycles. The lowest BCUT2D eigenvalue weighted by atomic mass is 10.1. The zero-order valence-electron chi connectivity index (χ0n) is 12.7. The van der Waals surface area contributed by atoms with Gasteiger partial charge in [0, 0.05) is 23.9 Å². The number of morpholine rings is 1. The molecule has 2 atom stereocenters. The second-order valence-corrected chi connectivity index (χ2v) is 7.10. The summed E-state index contributed by atoms with van der Waals surface area (Å²) in [5.41, 5.74) is 0. The van der Waals surface area contributed by atoms with Crippen LogP contribution in [0, 0.1) is 0 Å². The molecule has 6 heteroatoms. The SMILES string of the molecule is O=C(NC1CCCC1)N1CCOCC1CC(O)c1cccs1. The molecule has 2 N–H and O–H groups in total. The van der Waals surface area contributed by atoms with Crippen LogP contribution in [0.5, 0.6) is 0 Å². The number of aliphatic hydroxyl groups excluding tert-OH is 1. The Morgan fingerprint density at radius 2 is 2.32 bits per heavy atom. The van der Waals surface area contributed by atoms with E-state index in [1.54, 1.807) is 11.3 Å². The van der Waals surface area contributed by atoms with Crippen molar-refractivity contribution < 1.29 is 14.6 Å². The molecule has 2 unspecified atom stereocenters. The molecule has 0 radical (unpaired) electrons. The van der Waals surface area contributed by atoms with E-state index in [1.807, 2.05) is 22.4 Å². The van der Waals surface area contributed by atoms with E-state index in [-0.39, 0.29) is 12.1 Å². The Bertz CT molecular complexity index is 474. The van der Waals surface area contributed by atoms with Crippen LogP contribution in [0.15, 0.2) is 17.5 Å². The van der Waals surface area contributed by atoms with Gasteiger partial charge in [0.25, 0.3) is 0 Å². The van der Waals surface area contributed by atoms with Crippen LogP contribution in [0.3, 0.4) is 0 Å². The summed E-state index contributed by atoms with van der Waals surface area (Å²) in [6.07, 6.45) is 4.56. The summed E-state index contributed by atoms with van der Waals surface area (Å²) in [6.45, 7) is 1.67. The number of carbonyl (C=O) groups excluding carboxylic acids is 1. The molecule has 1 aromatic heterocycles. The highest BCUT2D eigenvalue weighted by Crippen LogP contribution is 2.26. The molecule has 2 heterocycles. The first-order chi connectivity index (χ1) is 10.7. The van der Waals surface area contributed by atoms with Gasteiger partial charge in [0.05, 0.1) is 25.4 Å². The van der Waals surface area contributed by atoms with Crippen LogP contribution in [0.4, 0.5) is 4.79 Å². The van der Waals surface area contributed by atoms with Gasteiger partial charge in [-0.15, -0.1) is 11.3 Å². The van der Waals surface area contributed by atoms with Crippen LogP contribution in [0.1, 0.15) is 43.1 Å². The van der Waals surface area contributed by atoms with E-state index in [2.05, 4.69) is 5.32 Å². The van der Waals surface area contributed by atoms with Crippen LogP contribution >= 0.6 is 11.3 Å². The zero-order chi connectivity index (χ0) is 15.4. The Labute approximate surface area is 135 Å². The molecule has 1 aromatic rings. The molecule has 3 rings (SSSR count). The molecule has 0 aromatic carbocycles. The second kappa shape index (κ2) is 7.44. The summed E-state index contributed by atoms with van der Waals surface area (Å²) in [5.74, 6) is 0. The number of aliphatic hydroxyl groups is 1. The summed E-state index contributed by atoms with van der Waals surface area (Å²) in [6, 6.07) is 4.12. The third kappa shape index (κ3) is 3.80. The highest BCUT2D eigenvalue weighted by atomic mass is 32.1. The minimum absolute atomic E-state index is 0.00132. The fourth-order valence-electron chi connectivity index (χ4n) is 3.30. The number of carbonyl (C=O) groups is 1. The highest BCUT2D eigenvalue weighted by molar-refractivity contribution is 7.10. The summed E-state index contributed by atoms with van der Waals surface area (Å²) in [7, 11) is 0. The topological polar surface area (TPSA) is 61.8 Å². The van der Waals surface area contributed by atoms with E-state index in [9.17, 15) is 9.90 Å². The van der Waals surface area contributed by atoms with Crippen molar-refractivity contribution in [1.29, 1.82) is 0 Å². The van der Waals surface area contributed by atoms with Crippen molar-refractivity contribution in [2.24, 2.45) is 0 Å². The van der Waals surface area contributed by atoms with Crippen molar-refractivity contribution >= 4 is 17.4 Å². The maximum absolute atomic E-state index is 12.5. The normalized spacial score (nSPS) is 24.4. The van der Waals surface area contributed by atoms with Crippen molar-refractivity contribution in [2.45, 2.75) is 50.3 Å². The molecule has 0 spiro atoms. The van der Waals surface area contributed by atoms with Crippen LogP contribution < -0.4 is 5.32 Å². The average molecular weight is 324 g/mol. The maximum Gasteiger partial charge on any atom is 0.318 e. The lowest BCUT2D eigenvalue weighted by molar-refractivity contribution is -0.00694. The molecule has 2 aliphatic rings. The van der Waals surface area contributed by atoms with Crippen LogP contribution in [0.25, 0.3) is 0 Å². The number of nitrogens with zero attached hydrogens (tertiary/aromatic N) is 1. The number of thiophene rings is 1. The molecule has 2 amide bonds. The van der Waals surface area contributed by atoms with Crippen LogP contribution in [0.2, 0.25) is 0 Å². The molecule has 22 heavy (non-hydrogen) atoms. The minimum Gasteiger partial charge on any atom is -0.387 e. The number of ether oxygens (including phenoxy) is 1. The maximum atomic E-state index is 12.5. The van der Waals surface area contributed by atoms with E-state index >= 15 is 0 Å². The van der Waals surface area contributed by atoms with Gasteiger partial charge < -0.3 is 20.1 Å². The summed E-state index contributed by atoms with van der Waals surface area (Å²) >= 11 is 1.55. The first-order valence-corrected chi connectivity index (χ1v) is 8.98. The molecular formula is C16H24N2O3S. The summed E-state index contributed by atoms with van der Waals surface area (Å²) < 4.78 is 5.52. The van der Waals surface area contributed by atoms with E-state index in [0.717, 1.165) is 17.7 Å². The Morgan fingerprint density at radius 1 is 1.50 bits per heavy atom. The molecule has 1 aliphatic heterocycles. The predicted molar refractivity (Wildman–Crippen MR) is 86.0 cm³/mol. The van der Waals surface area contributed by atoms with Gasteiger partial charge >= 0.3 is 6.03 Å². The molecule has 122 valence electrons. The monoisotopic (exact) mass is 324 g/mol. The second-order valence-electron chi connectivity index (χ2n) is 6.12. The van der Waals surface area contributed by atoms with Gasteiger partial charge in [-0.05, 0) is 24.3 Å². The van der Waals surface area contributed by atoms with Gasteiger partial charge in [-0.1, -0.05) is 18.9 Å². The van der Waals surface area contributed by atoms with Gasteiger partial charge in [0.2, 0.25) is 0 Å². The zero-order valence-corrected chi connectivity index (χ0v) is 13.6. The number of rotatable bonds is 4. The number of amides is 2. The van der Waals surface area contributed by atoms with Crippen molar-refractivity contribution in [3.63, 3.8) is 0 Å². The quantitative estimate of drug-likeness (QED) is 0.894. The smallest absolute Gasteiger partial charge is 0.318 e.